The summed E-state index contributed by atoms with van der Waals surface area (Å²) in [6.45, 7) is 5.52. The smallest absolute Gasteiger partial charge is 0.268 e. The molecule has 122 valence electrons. The van der Waals surface area contributed by atoms with Crippen LogP contribution >= 0.6 is 34.5 Å². The van der Waals surface area contributed by atoms with Crippen LogP contribution in [0.25, 0.3) is 12.2 Å². The van der Waals surface area contributed by atoms with Crippen molar-refractivity contribution >= 4 is 52.5 Å². The summed E-state index contributed by atoms with van der Waals surface area (Å²) in [7, 11) is 1.64. The van der Waals surface area contributed by atoms with Gasteiger partial charge in [0, 0.05) is 34.1 Å². The van der Waals surface area contributed by atoms with Crippen LogP contribution in [0.3, 0.4) is 0 Å². The molecule has 0 N–H and O–H groups in total. The van der Waals surface area contributed by atoms with Gasteiger partial charge in [0.05, 0.1) is 4.53 Å². The van der Waals surface area contributed by atoms with Crippen LogP contribution in [0.5, 0.6) is 0 Å². The molecule has 1 aromatic carbocycles. The number of benzene rings is 1. The molecule has 0 aliphatic rings. The Labute approximate surface area is 148 Å². The van der Waals surface area contributed by atoms with Crippen LogP contribution in [-0.4, -0.2) is 10.4 Å². The van der Waals surface area contributed by atoms with Gasteiger partial charge in [-0.15, -0.1) is 11.3 Å². The van der Waals surface area contributed by atoms with E-state index in [0.29, 0.717) is 24.8 Å². The Bertz CT molecular complexity index is 913. The number of hydrogen-bond donors (Lipinski definition) is 0. The average Bonchev–Trinajstić information content (AvgIpc) is 2.70. The van der Waals surface area contributed by atoms with E-state index in [0.717, 1.165) is 0 Å². The standard InChI is InChI=1S/C17H17Cl2NO2S/c1-17(2,3)14(21)9-15-20(4)16(22)13(23-15)8-10-11(18)6-5-7-12(10)19/h5-9H,1-4H3. The topological polar surface area (TPSA) is 39.1 Å². The molecule has 0 fully saturated rings. The second kappa shape index (κ2) is 6.63. The van der Waals surface area contributed by atoms with Gasteiger partial charge in [-0.3, -0.25) is 9.59 Å². The zero-order valence-corrected chi connectivity index (χ0v) is 15.6. The number of hydrogen-bond acceptors (Lipinski definition) is 3. The van der Waals surface area contributed by atoms with Gasteiger partial charge in [0.1, 0.15) is 4.66 Å². The maximum atomic E-state index is 12.4. The zero-order chi connectivity index (χ0) is 17.4. The second-order valence-corrected chi connectivity index (χ2v) is 8.08. The van der Waals surface area contributed by atoms with Gasteiger partial charge in [-0.1, -0.05) is 50.0 Å². The van der Waals surface area contributed by atoms with Gasteiger partial charge < -0.3 is 4.57 Å². The third-order valence-corrected chi connectivity index (χ3v) is 5.10. The van der Waals surface area contributed by atoms with Crippen molar-refractivity contribution in [2.75, 3.05) is 0 Å². The predicted octanol–water partition coefficient (Wildman–Crippen LogP) is 2.98. The van der Waals surface area contributed by atoms with Crippen molar-refractivity contribution in [1.82, 2.24) is 4.57 Å². The summed E-state index contributed by atoms with van der Waals surface area (Å²) in [5.74, 6) is -0.0309. The number of thiazole rings is 1. The Hall–Kier alpha value is -1.36. The van der Waals surface area contributed by atoms with E-state index in [-0.39, 0.29) is 11.3 Å². The fraction of sp³-hybridized carbons (Fsp3) is 0.294. The highest BCUT2D eigenvalue weighted by atomic mass is 35.5. The van der Waals surface area contributed by atoms with E-state index in [4.69, 9.17) is 23.2 Å². The van der Waals surface area contributed by atoms with E-state index < -0.39 is 5.41 Å². The molecule has 0 atom stereocenters. The van der Waals surface area contributed by atoms with Gasteiger partial charge in [-0.25, -0.2) is 0 Å². The lowest BCUT2D eigenvalue weighted by Gasteiger charge is -2.12. The molecule has 0 saturated heterocycles. The van der Waals surface area contributed by atoms with E-state index in [1.54, 1.807) is 31.3 Å². The minimum absolute atomic E-state index is 0.0309. The van der Waals surface area contributed by atoms with Crippen LogP contribution in [0, 0.1) is 5.41 Å². The van der Waals surface area contributed by atoms with E-state index >= 15 is 0 Å². The van der Waals surface area contributed by atoms with Gasteiger partial charge in [0.2, 0.25) is 0 Å². The summed E-state index contributed by atoms with van der Waals surface area (Å²) in [5.41, 5.74) is -0.0712. The number of Topliss-reactive ketones (excluding diaryl/α,β-unsaturated/α-hetero) is 1. The van der Waals surface area contributed by atoms with E-state index in [9.17, 15) is 9.59 Å². The Balaban J connectivity index is 2.67. The summed E-state index contributed by atoms with van der Waals surface area (Å²) >= 11 is 13.5. The van der Waals surface area contributed by atoms with Crippen LogP contribution in [0.4, 0.5) is 0 Å². The highest BCUT2D eigenvalue weighted by molar-refractivity contribution is 7.07. The lowest BCUT2D eigenvalue weighted by Crippen LogP contribution is -2.30. The Morgan fingerprint density at radius 1 is 1.22 bits per heavy atom. The fourth-order valence-corrected chi connectivity index (χ4v) is 3.33. The molecule has 0 bridgehead atoms. The zero-order valence-electron chi connectivity index (χ0n) is 13.3. The van der Waals surface area contributed by atoms with Crippen molar-refractivity contribution in [1.29, 1.82) is 0 Å². The largest absolute Gasteiger partial charge is 0.302 e. The van der Waals surface area contributed by atoms with Gasteiger partial charge in [0.15, 0.2) is 5.78 Å². The SMILES string of the molecule is Cn1c(=CC(=O)C(C)(C)C)sc(=Cc2c(Cl)cccc2Cl)c1=O. The Kier molecular flexibility index (Phi) is 5.19. The summed E-state index contributed by atoms with van der Waals surface area (Å²) in [4.78, 5) is 24.5. The van der Waals surface area contributed by atoms with Crippen molar-refractivity contribution in [3.63, 3.8) is 0 Å². The third-order valence-electron chi connectivity index (χ3n) is 3.33. The van der Waals surface area contributed by atoms with Crippen molar-refractivity contribution in [3.8, 4) is 0 Å². The number of halogens is 2. The highest BCUT2D eigenvalue weighted by Gasteiger charge is 2.19. The maximum Gasteiger partial charge on any atom is 0.268 e. The summed E-state index contributed by atoms with van der Waals surface area (Å²) < 4.78 is 2.55. The average molecular weight is 370 g/mol. The molecule has 1 heterocycles. The number of carbonyl (C=O) groups is 1. The molecule has 6 heteroatoms. The predicted molar refractivity (Wildman–Crippen MR) is 97.8 cm³/mol. The number of nitrogens with zero attached hydrogens (tertiary/aromatic N) is 1. The molecule has 0 spiro atoms. The normalized spacial score (nSPS) is 13.7. The van der Waals surface area contributed by atoms with Crippen LogP contribution in [0.1, 0.15) is 26.3 Å². The highest BCUT2D eigenvalue weighted by Crippen LogP contribution is 2.24. The molecule has 0 unspecified atom stereocenters. The fourth-order valence-electron chi connectivity index (χ4n) is 1.82. The van der Waals surface area contributed by atoms with Gasteiger partial charge in [-0.2, -0.15) is 0 Å². The Morgan fingerprint density at radius 3 is 2.30 bits per heavy atom. The first-order valence-electron chi connectivity index (χ1n) is 6.99. The number of aromatic nitrogens is 1. The summed E-state index contributed by atoms with van der Waals surface area (Å²) in [6.07, 6.45) is 3.17. The molecule has 2 rings (SSSR count). The van der Waals surface area contributed by atoms with Crippen LogP contribution in [0.15, 0.2) is 23.0 Å². The van der Waals surface area contributed by atoms with Crippen LogP contribution < -0.4 is 14.8 Å². The maximum absolute atomic E-state index is 12.4. The van der Waals surface area contributed by atoms with Crippen molar-refractivity contribution in [2.45, 2.75) is 20.8 Å². The quantitative estimate of drug-likeness (QED) is 0.815. The molecule has 3 nitrogen and oxygen atoms in total. The first-order chi connectivity index (χ1) is 10.6. The summed E-state index contributed by atoms with van der Waals surface area (Å²) in [6, 6.07) is 5.18. The van der Waals surface area contributed by atoms with E-state index in [2.05, 4.69) is 0 Å². The van der Waals surface area contributed by atoms with Gasteiger partial charge >= 0.3 is 0 Å². The molecule has 0 saturated carbocycles. The van der Waals surface area contributed by atoms with Crippen LogP contribution in [0.2, 0.25) is 10.0 Å². The molecular weight excluding hydrogens is 353 g/mol. The van der Waals surface area contributed by atoms with E-state index in [1.165, 1.54) is 22.0 Å². The lowest BCUT2D eigenvalue weighted by atomic mass is 9.91. The third kappa shape index (κ3) is 3.94. The second-order valence-electron chi connectivity index (χ2n) is 6.21. The molecule has 0 aliphatic heterocycles. The number of carbonyl (C=O) groups excluding carboxylic acids is 1. The first kappa shape index (κ1) is 18.0. The molecular formula is C17H17Cl2NO2S. The molecule has 2 aromatic rings. The molecule has 23 heavy (non-hydrogen) atoms. The minimum atomic E-state index is -0.490. The molecule has 1 aromatic heterocycles. The molecule has 0 aliphatic carbocycles. The van der Waals surface area contributed by atoms with Crippen molar-refractivity contribution < 1.29 is 4.79 Å². The van der Waals surface area contributed by atoms with Gasteiger partial charge in [0.25, 0.3) is 5.56 Å². The molecule has 0 amide bonds. The number of rotatable bonds is 2. The monoisotopic (exact) mass is 369 g/mol. The van der Waals surface area contributed by atoms with E-state index in [1.807, 2.05) is 20.8 Å². The van der Waals surface area contributed by atoms with Crippen molar-refractivity contribution in [3.05, 3.63) is 53.4 Å². The Morgan fingerprint density at radius 2 is 1.78 bits per heavy atom. The first-order valence-corrected chi connectivity index (χ1v) is 8.56. The number of ketones is 1. The van der Waals surface area contributed by atoms with Crippen molar-refractivity contribution in [2.24, 2.45) is 12.5 Å². The minimum Gasteiger partial charge on any atom is -0.302 e. The molecule has 0 radical (unpaired) electrons. The van der Waals surface area contributed by atoms with Crippen LogP contribution in [-0.2, 0) is 11.8 Å². The lowest BCUT2D eigenvalue weighted by molar-refractivity contribution is -0.120. The summed E-state index contributed by atoms with van der Waals surface area (Å²) in [5, 5.41) is 0.952. The van der Waals surface area contributed by atoms with Gasteiger partial charge in [-0.05, 0) is 18.2 Å².